The van der Waals surface area contributed by atoms with Gasteiger partial charge in [0.25, 0.3) is 0 Å². The van der Waals surface area contributed by atoms with E-state index in [1.807, 2.05) is 24.4 Å². The average molecular weight is 833 g/mol. The molecule has 0 unspecified atom stereocenters. The summed E-state index contributed by atoms with van der Waals surface area (Å²) >= 11 is 0. The van der Waals surface area contributed by atoms with Crippen molar-refractivity contribution >= 4 is 44.6 Å². The molecule has 6 aromatic carbocycles. The number of fused-ring (bicyclic) bond motifs is 4. The molecule has 0 radical (unpaired) electrons. The predicted molar refractivity (Wildman–Crippen MR) is 264 cm³/mol. The first-order valence-corrected chi connectivity index (χ1v) is 22.3. The van der Waals surface area contributed by atoms with E-state index >= 15 is 0 Å². The third kappa shape index (κ3) is 8.04. The number of ether oxygens (including phenoxy) is 2. The van der Waals surface area contributed by atoms with Gasteiger partial charge in [-0.15, -0.1) is 0 Å². The minimum atomic E-state index is -0.0900. The first-order valence-electron chi connectivity index (χ1n) is 22.3. The zero-order chi connectivity index (χ0) is 44.4. The summed E-state index contributed by atoms with van der Waals surface area (Å²) in [6.07, 6.45) is 1.84. The van der Waals surface area contributed by atoms with Crippen molar-refractivity contribution in [2.75, 3.05) is 16.5 Å². The van der Waals surface area contributed by atoms with Gasteiger partial charge in [-0.1, -0.05) is 137 Å². The summed E-state index contributed by atoms with van der Waals surface area (Å²) in [7, 11) is 0. The van der Waals surface area contributed by atoms with Gasteiger partial charge in [-0.05, 0) is 99.5 Å². The Morgan fingerprint density at radius 3 is 1.81 bits per heavy atom. The maximum Gasteiger partial charge on any atom is 0.141 e. The summed E-state index contributed by atoms with van der Waals surface area (Å²) in [4.78, 5) is 9.76. The van der Waals surface area contributed by atoms with Gasteiger partial charge < -0.3 is 19.3 Å². The van der Waals surface area contributed by atoms with Gasteiger partial charge in [0.2, 0.25) is 0 Å². The molecule has 0 saturated carbocycles. The molecular weight excluding hydrogens is 773 g/mol. The van der Waals surface area contributed by atoms with E-state index in [0.29, 0.717) is 12.6 Å². The third-order valence-electron chi connectivity index (χ3n) is 12.4. The van der Waals surface area contributed by atoms with Crippen molar-refractivity contribution in [3.05, 3.63) is 168 Å². The minimum Gasteiger partial charge on any atom is -0.457 e. The number of nitrogens with zero attached hydrogens (tertiary/aromatic N) is 4. The number of aromatic nitrogens is 2. The Morgan fingerprint density at radius 2 is 1.13 bits per heavy atom. The maximum atomic E-state index is 6.85. The normalized spacial score (nSPS) is 13.3. The van der Waals surface area contributed by atoms with Crippen LogP contribution in [0.3, 0.4) is 0 Å². The lowest BCUT2D eigenvalue weighted by molar-refractivity contribution is 0.446. The third-order valence-corrected chi connectivity index (χ3v) is 12.4. The number of para-hydroxylation sites is 4. The molecule has 320 valence electrons. The van der Waals surface area contributed by atoms with E-state index in [-0.39, 0.29) is 16.2 Å². The molecule has 0 bridgehead atoms. The molecule has 0 N–H and O–H groups in total. The first-order chi connectivity index (χ1) is 29.9. The van der Waals surface area contributed by atoms with Crippen molar-refractivity contribution in [1.29, 1.82) is 0 Å². The summed E-state index contributed by atoms with van der Waals surface area (Å²) < 4.78 is 15.8. The lowest BCUT2D eigenvalue weighted by Gasteiger charge is -2.29. The second-order valence-electron chi connectivity index (χ2n) is 20.5. The van der Waals surface area contributed by atoms with Gasteiger partial charge in [0.1, 0.15) is 35.5 Å². The lowest BCUT2D eigenvalue weighted by atomic mass is 9.80. The van der Waals surface area contributed by atoms with E-state index < -0.39 is 0 Å². The predicted octanol–water partition coefficient (Wildman–Crippen LogP) is 16.0. The molecule has 0 spiro atoms. The molecule has 6 heteroatoms. The standard InChI is InChI=1S/C57H60N4O2/c1-37(2)45-21-17-22-48(57(9,10)11)54(45)63-44-28-29-58-53(35-44)61-49-23-13-12-20-46(49)47-27-26-43(34-52(47)61)62-42-19-16-18-40(33-42)59-36-60(51-25-15-14-24-50(51)59)41-31-38(55(3,4)5)30-39(32-41)56(6,7)8/h12-35,37H,36H2,1-11H3. The second kappa shape index (κ2) is 15.7. The Hall–Kier alpha value is -6.53. The highest BCUT2D eigenvalue weighted by Crippen LogP contribution is 2.47. The van der Waals surface area contributed by atoms with Crippen molar-refractivity contribution in [3.63, 3.8) is 0 Å². The highest BCUT2D eigenvalue weighted by Gasteiger charge is 2.31. The summed E-state index contributed by atoms with van der Waals surface area (Å²) in [5.74, 6) is 4.26. The molecule has 1 aliphatic heterocycles. The Kier molecular flexibility index (Phi) is 10.4. The van der Waals surface area contributed by atoms with Gasteiger partial charge in [-0.3, -0.25) is 4.57 Å². The Balaban J connectivity index is 1.06. The van der Waals surface area contributed by atoms with E-state index in [0.717, 1.165) is 56.3 Å². The van der Waals surface area contributed by atoms with Crippen LogP contribution in [0.2, 0.25) is 0 Å². The largest absolute Gasteiger partial charge is 0.457 e. The van der Waals surface area contributed by atoms with Gasteiger partial charge >= 0.3 is 0 Å². The van der Waals surface area contributed by atoms with Crippen LogP contribution in [0.25, 0.3) is 27.6 Å². The van der Waals surface area contributed by atoms with Crippen LogP contribution in [0, 0.1) is 0 Å². The number of anilines is 4. The molecule has 2 aromatic heterocycles. The van der Waals surface area contributed by atoms with Crippen LogP contribution in [-0.4, -0.2) is 16.2 Å². The van der Waals surface area contributed by atoms with E-state index in [2.05, 4.69) is 212 Å². The van der Waals surface area contributed by atoms with Gasteiger partial charge in [0.05, 0.1) is 22.4 Å². The molecule has 0 saturated heterocycles. The van der Waals surface area contributed by atoms with Gasteiger partial charge in [-0.2, -0.15) is 0 Å². The molecule has 0 aliphatic carbocycles. The fourth-order valence-corrected chi connectivity index (χ4v) is 8.82. The van der Waals surface area contributed by atoms with E-state index in [1.54, 1.807) is 0 Å². The van der Waals surface area contributed by atoms with E-state index in [1.165, 1.54) is 39.3 Å². The van der Waals surface area contributed by atoms with Crippen LogP contribution in [0.4, 0.5) is 22.7 Å². The molecular formula is C57H60N4O2. The van der Waals surface area contributed by atoms with Crippen LogP contribution in [-0.2, 0) is 16.2 Å². The molecule has 8 aromatic rings. The molecule has 0 atom stereocenters. The Morgan fingerprint density at radius 1 is 0.508 bits per heavy atom. The van der Waals surface area contributed by atoms with E-state index in [9.17, 15) is 0 Å². The molecule has 0 amide bonds. The minimum absolute atomic E-state index is 0.0174. The SMILES string of the molecule is CC(C)c1cccc(C(C)(C)C)c1Oc1ccnc(-n2c3ccccc3c3ccc(Oc4cccc(N5CN(c6cc(C(C)(C)C)cc(C(C)(C)C)c6)c6ccccc65)c4)cc32)c1. The molecule has 3 heterocycles. The number of benzene rings is 6. The van der Waals surface area contributed by atoms with Crippen LogP contribution in [0.1, 0.15) is 104 Å². The number of pyridine rings is 1. The summed E-state index contributed by atoms with van der Waals surface area (Å²) in [5, 5.41) is 2.27. The summed E-state index contributed by atoms with van der Waals surface area (Å²) in [5.41, 5.74) is 11.7. The highest BCUT2D eigenvalue weighted by atomic mass is 16.5. The Bertz CT molecular complexity index is 2960. The first kappa shape index (κ1) is 41.8. The highest BCUT2D eigenvalue weighted by molar-refractivity contribution is 6.09. The summed E-state index contributed by atoms with van der Waals surface area (Å²) in [6.45, 7) is 25.6. The number of hydrogen-bond donors (Lipinski definition) is 0. The van der Waals surface area contributed by atoms with Gasteiger partial charge in [0, 0.05) is 52.1 Å². The quantitative estimate of drug-likeness (QED) is 0.153. The Labute approximate surface area is 373 Å². The van der Waals surface area contributed by atoms with Crippen LogP contribution in [0.5, 0.6) is 23.0 Å². The number of rotatable bonds is 8. The monoisotopic (exact) mass is 832 g/mol. The number of hydrogen-bond acceptors (Lipinski definition) is 5. The smallest absolute Gasteiger partial charge is 0.141 e. The molecule has 1 aliphatic rings. The van der Waals surface area contributed by atoms with Crippen molar-refractivity contribution in [3.8, 4) is 28.8 Å². The van der Waals surface area contributed by atoms with Gasteiger partial charge in [-0.25, -0.2) is 4.98 Å². The second-order valence-corrected chi connectivity index (χ2v) is 20.5. The fourth-order valence-electron chi connectivity index (χ4n) is 8.82. The zero-order valence-corrected chi connectivity index (χ0v) is 38.7. The van der Waals surface area contributed by atoms with Crippen LogP contribution < -0.4 is 19.3 Å². The van der Waals surface area contributed by atoms with Crippen LogP contribution in [0.15, 0.2) is 146 Å². The zero-order valence-electron chi connectivity index (χ0n) is 38.7. The average Bonchev–Trinajstić information content (AvgIpc) is 3.79. The summed E-state index contributed by atoms with van der Waals surface area (Å²) in [6, 6.07) is 49.6. The van der Waals surface area contributed by atoms with Crippen molar-refractivity contribution in [2.45, 2.75) is 98.3 Å². The lowest BCUT2D eigenvalue weighted by Crippen LogP contribution is -2.25. The van der Waals surface area contributed by atoms with Crippen molar-refractivity contribution in [2.24, 2.45) is 0 Å². The molecule has 9 rings (SSSR count). The fraction of sp³-hybridized carbons (Fsp3) is 0.281. The molecule has 6 nitrogen and oxygen atoms in total. The van der Waals surface area contributed by atoms with Crippen LogP contribution >= 0.6 is 0 Å². The topological polar surface area (TPSA) is 42.8 Å². The van der Waals surface area contributed by atoms with E-state index in [4.69, 9.17) is 14.5 Å². The van der Waals surface area contributed by atoms with Crippen molar-refractivity contribution < 1.29 is 9.47 Å². The van der Waals surface area contributed by atoms with Gasteiger partial charge in [0.15, 0.2) is 0 Å². The maximum absolute atomic E-state index is 6.85. The van der Waals surface area contributed by atoms with Crippen molar-refractivity contribution in [1.82, 2.24) is 9.55 Å². The molecule has 0 fully saturated rings. The molecule has 63 heavy (non-hydrogen) atoms.